The minimum absolute atomic E-state index is 0. The molecule has 2 rings (SSSR count). The zero-order valence-corrected chi connectivity index (χ0v) is 8.94. The van der Waals surface area contributed by atoms with Crippen LogP contribution in [0.2, 0.25) is 0 Å². The molecule has 1 aromatic carbocycles. The first-order valence-electron chi connectivity index (χ1n) is 2.94. The van der Waals surface area contributed by atoms with E-state index < -0.39 is 0 Å². The van der Waals surface area contributed by atoms with Crippen molar-refractivity contribution in [3.8, 4) is 0 Å². The Morgan fingerprint density at radius 2 is 2.00 bits per heavy atom. The van der Waals surface area contributed by atoms with E-state index in [2.05, 4.69) is 4.98 Å². The number of benzene rings is 1. The number of hydrogen-bond acceptors (Lipinski definition) is 2. The summed E-state index contributed by atoms with van der Waals surface area (Å²) >= 11 is 4.79. The number of oxazole rings is 1. The van der Waals surface area contributed by atoms with Crippen molar-refractivity contribution in [2.45, 2.75) is 0 Å². The summed E-state index contributed by atoms with van der Waals surface area (Å²) in [6.07, 6.45) is 0. The molecule has 0 unspecified atom stereocenters. The van der Waals surface area contributed by atoms with Crippen molar-refractivity contribution in [2.75, 3.05) is 0 Å². The van der Waals surface area contributed by atoms with Crippen molar-refractivity contribution in [1.82, 2.24) is 4.98 Å². The molecule has 4 heteroatoms. The van der Waals surface area contributed by atoms with Crippen molar-refractivity contribution < 1.29 is 34.0 Å². The van der Waals surface area contributed by atoms with Crippen LogP contribution in [-0.2, 0) is 0 Å². The van der Waals surface area contributed by atoms with E-state index in [1.54, 1.807) is 0 Å². The minimum Gasteiger partial charge on any atom is -0.429 e. The Morgan fingerprint density at radius 3 is 2.73 bits per heavy atom. The van der Waals surface area contributed by atoms with E-state index in [1.807, 2.05) is 24.3 Å². The Hall–Kier alpha value is -0.0900. The van der Waals surface area contributed by atoms with Crippen LogP contribution in [0.4, 0.5) is 0 Å². The van der Waals surface area contributed by atoms with Crippen molar-refractivity contribution in [2.24, 2.45) is 0 Å². The summed E-state index contributed by atoms with van der Waals surface area (Å²) in [6, 6.07) is 7.65. The van der Waals surface area contributed by atoms with Gasteiger partial charge in [0.2, 0.25) is 0 Å². The Morgan fingerprint density at radius 1 is 1.27 bits per heavy atom. The molecular weight excluding hydrogens is 169 g/mol. The molecule has 0 bridgehead atoms. The molecule has 0 radical (unpaired) electrons. The van der Waals surface area contributed by atoms with Crippen LogP contribution in [0.3, 0.4) is 0 Å². The van der Waals surface area contributed by atoms with Crippen LogP contribution < -0.4 is 29.6 Å². The van der Waals surface area contributed by atoms with Gasteiger partial charge in [-0.2, -0.15) is 0 Å². The van der Waals surface area contributed by atoms with Gasteiger partial charge in [-0.25, -0.2) is 0 Å². The summed E-state index contributed by atoms with van der Waals surface area (Å²) in [5.74, 6) is 0. The molecule has 0 aliphatic rings. The second kappa shape index (κ2) is 3.54. The van der Waals surface area contributed by atoms with E-state index in [0.717, 1.165) is 11.1 Å². The maximum Gasteiger partial charge on any atom is 1.00 e. The molecule has 0 fully saturated rings. The quantitative estimate of drug-likeness (QED) is 0.430. The van der Waals surface area contributed by atoms with Crippen LogP contribution >= 0.6 is 12.2 Å². The molecule has 2 aromatic rings. The molecule has 0 aliphatic carbocycles. The maximum atomic E-state index is 5.13. The minimum atomic E-state index is 0. The van der Waals surface area contributed by atoms with E-state index in [1.165, 1.54) is 0 Å². The van der Waals surface area contributed by atoms with Gasteiger partial charge in [0.1, 0.15) is 0 Å². The van der Waals surface area contributed by atoms with Gasteiger partial charge in [0, 0.05) is 0 Å². The predicted molar refractivity (Wildman–Crippen MR) is 41.4 cm³/mol. The molecule has 1 aromatic heterocycles. The molecule has 50 valence electrons. The molecule has 0 spiro atoms. The van der Waals surface area contributed by atoms with Crippen LogP contribution in [0.25, 0.3) is 11.1 Å². The van der Waals surface area contributed by atoms with Crippen LogP contribution in [0, 0.1) is 4.84 Å². The SMILES string of the molecule is S=c1[nH]c2ccccc2o1.[Na+]. The third-order valence-electron chi connectivity index (χ3n) is 1.33. The van der Waals surface area contributed by atoms with E-state index in [4.69, 9.17) is 16.6 Å². The van der Waals surface area contributed by atoms with Crippen LogP contribution in [0.15, 0.2) is 28.7 Å². The summed E-state index contributed by atoms with van der Waals surface area (Å²) in [6.45, 7) is 0. The number of aromatic amines is 1. The van der Waals surface area contributed by atoms with Crippen molar-refractivity contribution in [3.05, 3.63) is 29.1 Å². The van der Waals surface area contributed by atoms with Crippen molar-refractivity contribution in [1.29, 1.82) is 0 Å². The molecule has 0 saturated carbocycles. The third kappa shape index (κ3) is 1.73. The molecule has 0 amide bonds. The number of para-hydroxylation sites is 2. The van der Waals surface area contributed by atoms with Gasteiger partial charge in [0.05, 0.1) is 5.52 Å². The summed E-state index contributed by atoms with van der Waals surface area (Å²) < 4.78 is 5.13. The summed E-state index contributed by atoms with van der Waals surface area (Å²) in [4.78, 5) is 3.34. The van der Waals surface area contributed by atoms with Crippen LogP contribution in [0.1, 0.15) is 0 Å². The van der Waals surface area contributed by atoms with Gasteiger partial charge >= 0.3 is 29.6 Å². The van der Waals surface area contributed by atoms with Gasteiger partial charge in [-0.05, 0) is 24.4 Å². The fourth-order valence-corrected chi connectivity index (χ4v) is 1.09. The van der Waals surface area contributed by atoms with Crippen molar-refractivity contribution >= 4 is 23.3 Å². The summed E-state index contributed by atoms with van der Waals surface area (Å²) in [7, 11) is 0. The van der Waals surface area contributed by atoms with Gasteiger partial charge in [-0.3, -0.25) is 0 Å². The van der Waals surface area contributed by atoms with E-state index in [0.29, 0.717) is 4.84 Å². The van der Waals surface area contributed by atoms with Gasteiger partial charge in [0.25, 0.3) is 4.84 Å². The van der Waals surface area contributed by atoms with E-state index in [9.17, 15) is 0 Å². The van der Waals surface area contributed by atoms with Crippen LogP contribution in [-0.4, -0.2) is 4.98 Å². The zero-order chi connectivity index (χ0) is 6.97. The smallest absolute Gasteiger partial charge is 0.429 e. The van der Waals surface area contributed by atoms with E-state index >= 15 is 0 Å². The second-order valence-corrected chi connectivity index (χ2v) is 2.38. The zero-order valence-electron chi connectivity index (χ0n) is 6.13. The average molecular weight is 174 g/mol. The molecule has 0 saturated heterocycles. The van der Waals surface area contributed by atoms with Gasteiger partial charge in [0.15, 0.2) is 5.58 Å². The molecule has 0 aliphatic heterocycles. The first kappa shape index (κ1) is 9.00. The normalized spacial score (nSPS) is 9.45. The number of fused-ring (bicyclic) bond motifs is 1. The monoisotopic (exact) mass is 174 g/mol. The molecule has 1 heterocycles. The standard InChI is InChI=1S/C7H5NOS.Na/c10-7-8-5-3-1-2-4-6(5)9-7;/h1-4H,(H,8,10);/q;+1. The Labute approximate surface area is 90.9 Å². The Balaban J connectivity index is 0.000000605. The summed E-state index contributed by atoms with van der Waals surface area (Å²) in [5.41, 5.74) is 1.76. The largest absolute Gasteiger partial charge is 1.00 e. The van der Waals surface area contributed by atoms with E-state index in [-0.39, 0.29) is 29.6 Å². The second-order valence-electron chi connectivity index (χ2n) is 2.01. The fraction of sp³-hybridized carbons (Fsp3) is 0. The third-order valence-corrected chi connectivity index (χ3v) is 1.51. The number of rotatable bonds is 0. The number of hydrogen-bond donors (Lipinski definition) is 1. The molecular formula is C7H5NNaOS+. The summed E-state index contributed by atoms with van der Waals surface area (Å²) in [5, 5.41) is 0. The van der Waals surface area contributed by atoms with Gasteiger partial charge < -0.3 is 9.40 Å². The molecule has 11 heavy (non-hydrogen) atoms. The number of nitrogens with one attached hydrogen (secondary N) is 1. The average Bonchev–Trinajstić information content (AvgIpc) is 2.27. The number of H-pyrrole nitrogens is 1. The fourth-order valence-electron chi connectivity index (χ4n) is 0.894. The Kier molecular flexibility index (Phi) is 2.90. The van der Waals surface area contributed by atoms with Crippen LogP contribution in [0.5, 0.6) is 0 Å². The maximum absolute atomic E-state index is 5.13. The topological polar surface area (TPSA) is 28.9 Å². The molecule has 0 atom stereocenters. The van der Waals surface area contributed by atoms with Crippen molar-refractivity contribution in [3.63, 3.8) is 0 Å². The number of aromatic nitrogens is 1. The Bertz CT molecular complexity index is 370. The first-order valence-corrected chi connectivity index (χ1v) is 3.35. The first-order chi connectivity index (χ1) is 4.86. The molecule has 2 nitrogen and oxygen atoms in total. The predicted octanol–water partition coefficient (Wildman–Crippen LogP) is -0.506. The van der Waals surface area contributed by atoms with Gasteiger partial charge in [-0.1, -0.05) is 12.1 Å². The molecule has 1 N–H and O–H groups in total. The van der Waals surface area contributed by atoms with Gasteiger partial charge in [-0.15, -0.1) is 0 Å².